The van der Waals surface area contributed by atoms with Gasteiger partial charge in [-0.3, -0.25) is 0 Å². The van der Waals surface area contributed by atoms with Crippen molar-refractivity contribution >= 4 is 0 Å². The molecule has 1 saturated carbocycles. The SMILES string of the molecule is CCC1CC1C(C)CC(C)C(C)C. The molecule has 0 radical (unpaired) electrons. The van der Waals surface area contributed by atoms with E-state index in [1.165, 1.54) is 19.3 Å². The molecule has 0 N–H and O–H groups in total. The topological polar surface area (TPSA) is 0 Å². The molecule has 0 aromatic heterocycles. The highest BCUT2D eigenvalue weighted by Gasteiger charge is 2.39. The van der Waals surface area contributed by atoms with Gasteiger partial charge in [-0.05, 0) is 42.4 Å². The maximum Gasteiger partial charge on any atom is -0.0357 e. The highest BCUT2D eigenvalue weighted by molar-refractivity contribution is 4.89. The van der Waals surface area contributed by atoms with Crippen LogP contribution in [0.4, 0.5) is 0 Å². The largest absolute Gasteiger partial charge is 0.0651 e. The quantitative estimate of drug-likeness (QED) is 0.593. The van der Waals surface area contributed by atoms with Crippen LogP contribution in [-0.4, -0.2) is 0 Å². The molecular weight excluding hydrogens is 156 g/mol. The van der Waals surface area contributed by atoms with E-state index in [1.807, 2.05) is 0 Å². The molecule has 1 aliphatic carbocycles. The molecule has 0 spiro atoms. The van der Waals surface area contributed by atoms with E-state index in [-0.39, 0.29) is 0 Å². The average molecular weight is 182 g/mol. The van der Waals surface area contributed by atoms with Crippen LogP contribution in [0.25, 0.3) is 0 Å². The second-order valence-corrected chi connectivity index (χ2v) is 5.50. The van der Waals surface area contributed by atoms with Gasteiger partial charge < -0.3 is 0 Å². The number of hydrogen-bond acceptors (Lipinski definition) is 0. The van der Waals surface area contributed by atoms with Crippen LogP contribution >= 0.6 is 0 Å². The van der Waals surface area contributed by atoms with Crippen molar-refractivity contribution < 1.29 is 0 Å². The van der Waals surface area contributed by atoms with Crippen molar-refractivity contribution in [3.05, 3.63) is 0 Å². The summed E-state index contributed by atoms with van der Waals surface area (Å²) >= 11 is 0. The summed E-state index contributed by atoms with van der Waals surface area (Å²) in [4.78, 5) is 0. The smallest absolute Gasteiger partial charge is 0.0357 e. The summed E-state index contributed by atoms with van der Waals surface area (Å²) in [5.41, 5.74) is 0. The first kappa shape index (κ1) is 11.1. The molecule has 0 nitrogen and oxygen atoms in total. The number of hydrogen-bond donors (Lipinski definition) is 0. The Morgan fingerprint density at radius 2 is 1.77 bits per heavy atom. The molecule has 13 heavy (non-hydrogen) atoms. The third-order valence-electron chi connectivity index (χ3n) is 4.11. The normalized spacial score (nSPS) is 31.8. The lowest BCUT2D eigenvalue weighted by Gasteiger charge is -2.20. The van der Waals surface area contributed by atoms with Crippen molar-refractivity contribution in [3.63, 3.8) is 0 Å². The van der Waals surface area contributed by atoms with Crippen molar-refractivity contribution in [3.8, 4) is 0 Å². The minimum atomic E-state index is 0.862. The summed E-state index contributed by atoms with van der Waals surface area (Å²) < 4.78 is 0. The minimum absolute atomic E-state index is 0.862. The highest BCUT2D eigenvalue weighted by atomic mass is 14.4. The Hall–Kier alpha value is 0. The molecule has 4 unspecified atom stereocenters. The zero-order valence-electron chi connectivity index (χ0n) is 10.0. The molecule has 0 aromatic rings. The second kappa shape index (κ2) is 4.48. The average Bonchev–Trinajstić information content (AvgIpc) is 2.82. The fourth-order valence-electron chi connectivity index (χ4n) is 2.47. The van der Waals surface area contributed by atoms with Crippen LogP contribution in [0.1, 0.15) is 53.9 Å². The second-order valence-electron chi connectivity index (χ2n) is 5.50. The summed E-state index contributed by atoms with van der Waals surface area (Å²) in [6.45, 7) is 11.9. The molecule has 0 heterocycles. The van der Waals surface area contributed by atoms with Gasteiger partial charge >= 0.3 is 0 Å². The maximum absolute atomic E-state index is 2.46. The van der Waals surface area contributed by atoms with E-state index in [1.54, 1.807) is 0 Å². The third-order valence-corrected chi connectivity index (χ3v) is 4.11. The van der Waals surface area contributed by atoms with Crippen molar-refractivity contribution in [2.24, 2.45) is 29.6 Å². The van der Waals surface area contributed by atoms with Crippen LogP contribution in [0.15, 0.2) is 0 Å². The van der Waals surface area contributed by atoms with E-state index in [2.05, 4.69) is 34.6 Å². The van der Waals surface area contributed by atoms with Gasteiger partial charge in [-0.15, -0.1) is 0 Å². The summed E-state index contributed by atoms with van der Waals surface area (Å²) in [7, 11) is 0. The summed E-state index contributed by atoms with van der Waals surface area (Å²) in [6.07, 6.45) is 4.37. The van der Waals surface area contributed by atoms with Gasteiger partial charge in [-0.1, -0.05) is 41.0 Å². The Kier molecular flexibility index (Phi) is 3.82. The van der Waals surface area contributed by atoms with Gasteiger partial charge in [0.05, 0.1) is 0 Å². The molecule has 0 saturated heterocycles. The third kappa shape index (κ3) is 3.00. The Labute approximate surface area is 84.1 Å². The Balaban J connectivity index is 2.22. The van der Waals surface area contributed by atoms with Gasteiger partial charge in [-0.25, -0.2) is 0 Å². The monoisotopic (exact) mass is 182 g/mol. The lowest BCUT2D eigenvalue weighted by molar-refractivity contribution is 0.303. The van der Waals surface area contributed by atoms with E-state index in [0.717, 1.165) is 29.6 Å². The number of rotatable bonds is 5. The van der Waals surface area contributed by atoms with Crippen LogP contribution in [-0.2, 0) is 0 Å². The van der Waals surface area contributed by atoms with Crippen molar-refractivity contribution in [2.45, 2.75) is 53.9 Å². The highest BCUT2D eigenvalue weighted by Crippen LogP contribution is 2.48. The van der Waals surface area contributed by atoms with Crippen LogP contribution in [0, 0.1) is 29.6 Å². The van der Waals surface area contributed by atoms with Crippen LogP contribution < -0.4 is 0 Å². The van der Waals surface area contributed by atoms with E-state index in [4.69, 9.17) is 0 Å². The van der Waals surface area contributed by atoms with Gasteiger partial charge in [0.1, 0.15) is 0 Å². The Morgan fingerprint density at radius 3 is 2.15 bits per heavy atom. The lowest BCUT2D eigenvalue weighted by atomic mass is 9.86. The van der Waals surface area contributed by atoms with E-state index in [0.29, 0.717) is 0 Å². The first-order chi connectivity index (χ1) is 6.06. The minimum Gasteiger partial charge on any atom is -0.0651 e. The molecule has 4 atom stereocenters. The van der Waals surface area contributed by atoms with Gasteiger partial charge in [0, 0.05) is 0 Å². The molecule has 0 amide bonds. The van der Waals surface area contributed by atoms with Crippen molar-refractivity contribution in [1.29, 1.82) is 0 Å². The molecule has 1 aliphatic rings. The predicted octanol–water partition coefficient (Wildman–Crippen LogP) is 4.35. The molecule has 1 rings (SSSR count). The van der Waals surface area contributed by atoms with Gasteiger partial charge in [0.2, 0.25) is 0 Å². The van der Waals surface area contributed by atoms with Gasteiger partial charge in [-0.2, -0.15) is 0 Å². The zero-order valence-corrected chi connectivity index (χ0v) is 10.0. The van der Waals surface area contributed by atoms with Gasteiger partial charge in [0.15, 0.2) is 0 Å². The predicted molar refractivity (Wildman–Crippen MR) is 59.7 cm³/mol. The fourth-order valence-corrected chi connectivity index (χ4v) is 2.47. The Morgan fingerprint density at radius 1 is 1.15 bits per heavy atom. The first-order valence-electron chi connectivity index (χ1n) is 6.06. The van der Waals surface area contributed by atoms with Crippen molar-refractivity contribution in [1.82, 2.24) is 0 Å². The van der Waals surface area contributed by atoms with Crippen LogP contribution in [0.3, 0.4) is 0 Å². The van der Waals surface area contributed by atoms with E-state index >= 15 is 0 Å². The molecule has 0 heteroatoms. The molecule has 78 valence electrons. The van der Waals surface area contributed by atoms with Crippen LogP contribution in [0.2, 0.25) is 0 Å². The Bertz CT molecular complexity index is 148. The molecule has 0 aliphatic heterocycles. The maximum atomic E-state index is 2.46. The fraction of sp³-hybridized carbons (Fsp3) is 1.00. The molecule has 1 fully saturated rings. The lowest BCUT2D eigenvalue weighted by Crippen LogP contribution is -2.11. The molecule has 0 bridgehead atoms. The van der Waals surface area contributed by atoms with E-state index in [9.17, 15) is 0 Å². The van der Waals surface area contributed by atoms with Crippen LogP contribution in [0.5, 0.6) is 0 Å². The van der Waals surface area contributed by atoms with Gasteiger partial charge in [0.25, 0.3) is 0 Å². The summed E-state index contributed by atoms with van der Waals surface area (Å²) in [5.74, 6) is 4.90. The standard InChI is InChI=1S/C13H26/c1-6-12-8-13(12)11(5)7-10(4)9(2)3/h9-13H,6-8H2,1-5H3. The summed E-state index contributed by atoms with van der Waals surface area (Å²) in [5, 5.41) is 0. The van der Waals surface area contributed by atoms with Crippen molar-refractivity contribution in [2.75, 3.05) is 0 Å². The zero-order chi connectivity index (χ0) is 10.0. The molecule has 0 aromatic carbocycles. The van der Waals surface area contributed by atoms with E-state index < -0.39 is 0 Å². The first-order valence-corrected chi connectivity index (χ1v) is 6.06. The molecular formula is C13H26. The summed E-state index contributed by atoms with van der Waals surface area (Å²) in [6, 6.07) is 0.